The van der Waals surface area contributed by atoms with Crippen LogP contribution in [0.15, 0.2) is 54.6 Å². The largest absolute Gasteiger partial charge is 0.493 e. The van der Waals surface area contributed by atoms with Gasteiger partial charge in [-0.2, -0.15) is 0 Å². The zero-order chi connectivity index (χ0) is 21.2. The summed E-state index contributed by atoms with van der Waals surface area (Å²) in [5.41, 5.74) is 0.993. The molecule has 2 aromatic rings. The number of methoxy groups -OCH3 is 1. The molecular formula is C24H29FN2O3. The fourth-order valence-electron chi connectivity index (χ4n) is 3.59. The second-order valence-electron chi connectivity index (χ2n) is 7.47. The summed E-state index contributed by atoms with van der Waals surface area (Å²) in [6.45, 7) is 3.46. The Kier molecular flexibility index (Phi) is 8.27. The van der Waals surface area contributed by atoms with Gasteiger partial charge in [-0.15, -0.1) is 0 Å². The fraction of sp³-hybridized carbons (Fsp3) is 0.375. The van der Waals surface area contributed by atoms with Crippen LogP contribution in [0, 0.1) is 11.7 Å². The van der Waals surface area contributed by atoms with E-state index in [9.17, 15) is 9.18 Å². The van der Waals surface area contributed by atoms with Crippen molar-refractivity contribution in [2.45, 2.75) is 12.8 Å². The van der Waals surface area contributed by atoms with E-state index in [0.29, 0.717) is 24.0 Å². The van der Waals surface area contributed by atoms with Crippen molar-refractivity contribution in [1.29, 1.82) is 0 Å². The summed E-state index contributed by atoms with van der Waals surface area (Å²) in [7, 11) is 1.58. The van der Waals surface area contributed by atoms with Crippen LogP contribution in [0.4, 0.5) is 4.39 Å². The third-order valence-electron chi connectivity index (χ3n) is 5.16. The minimum Gasteiger partial charge on any atom is -0.493 e. The number of piperidine rings is 1. The van der Waals surface area contributed by atoms with Crippen LogP contribution in [0.3, 0.4) is 0 Å². The van der Waals surface area contributed by atoms with Crippen LogP contribution >= 0.6 is 0 Å². The number of halogens is 1. The topological polar surface area (TPSA) is 50.8 Å². The molecular weight excluding hydrogens is 383 g/mol. The number of hydrogen-bond acceptors (Lipinski definition) is 4. The van der Waals surface area contributed by atoms with Crippen molar-refractivity contribution in [3.05, 3.63) is 66.0 Å². The maximum atomic E-state index is 13.0. The molecule has 30 heavy (non-hydrogen) atoms. The average molecular weight is 413 g/mol. The SMILES string of the molecule is COc1ccccc1OCC(=O)NCC1CCCN(CC=Cc2ccc(F)cc2)C1. The summed E-state index contributed by atoms with van der Waals surface area (Å²) < 4.78 is 23.8. The minimum absolute atomic E-state index is 0.0305. The van der Waals surface area contributed by atoms with Crippen LogP contribution in [-0.4, -0.2) is 50.7 Å². The van der Waals surface area contributed by atoms with Gasteiger partial charge in [0, 0.05) is 19.6 Å². The third kappa shape index (κ3) is 6.88. The lowest BCUT2D eigenvalue weighted by Crippen LogP contribution is -2.41. The van der Waals surface area contributed by atoms with Gasteiger partial charge in [0.05, 0.1) is 7.11 Å². The first-order valence-corrected chi connectivity index (χ1v) is 10.3. The van der Waals surface area contributed by atoms with Gasteiger partial charge in [0.15, 0.2) is 18.1 Å². The van der Waals surface area contributed by atoms with E-state index in [1.807, 2.05) is 18.2 Å². The molecule has 1 aliphatic rings. The zero-order valence-electron chi connectivity index (χ0n) is 17.4. The van der Waals surface area contributed by atoms with Crippen molar-refractivity contribution in [2.24, 2.45) is 5.92 Å². The van der Waals surface area contributed by atoms with Crippen molar-refractivity contribution in [2.75, 3.05) is 39.9 Å². The normalized spacial score (nSPS) is 17.1. The van der Waals surface area contributed by atoms with Gasteiger partial charge in [-0.05, 0) is 55.1 Å². The van der Waals surface area contributed by atoms with Crippen molar-refractivity contribution >= 4 is 12.0 Å². The molecule has 0 spiro atoms. The molecule has 1 N–H and O–H groups in total. The molecule has 1 atom stereocenters. The van der Waals surface area contributed by atoms with E-state index in [1.54, 1.807) is 31.4 Å². The number of nitrogens with one attached hydrogen (secondary N) is 1. The summed E-state index contributed by atoms with van der Waals surface area (Å²) in [6, 6.07) is 13.8. The molecule has 160 valence electrons. The summed E-state index contributed by atoms with van der Waals surface area (Å²) in [6.07, 6.45) is 6.34. The molecule has 0 aliphatic carbocycles. The molecule has 0 saturated carbocycles. The van der Waals surface area contributed by atoms with Gasteiger partial charge >= 0.3 is 0 Å². The minimum atomic E-state index is -0.221. The molecule has 1 saturated heterocycles. The number of benzene rings is 2. The van der Waals surface area contributed by atoms with E-state index in [1.165, 1.54) is 12.1 Å². The number of rotatable bonds is 9. The fourth-order valence-corrected chi connectivity index (χ4v) is 3.59. The molecule has 1 amide bonds. The smallest absolute Gasteiger partial charge is 0.257 e. The van der Waals surface area contributed by atoms with Crippen LogP contribution in [0.5, 0.6) is 11.5 Å². The van der Waals surface area contributed by atoms with Crippen LogP contribution in [0.25, 0.3) is 6.08 Å². The van der Waals surface area contributed by atoms with Gasteiger partial charge in [0.2, 0.25) is 0 Å². The number of hydrogen-bond donors (Lipinski definition) is 1. The maximum Gasteiger partial charge on any atom is 0.257 e. The summed E-state index contributed by atoms with van der Waals surface area (Å²) in [5, 5.41) is 2.98. The second-order valence-corrected chi connectivity index (χ2v) is 7.47. The van der Waals surface area contributed by atoms with Gasteiger partial charge in [-0.25, -0.2) is 4.39 Å². The van der Waals surface area contributed by atoms with Crippen LogP contribution < -0.4 is 14.8 Å². The highest BCUT2D eigenvalue weighted by Gasteiger charge is 2.19. The number of ether oxygens (including phenoxy) is 2. The Morgan fingerprint density at radius 2 is 1.97 bits per heavy atom. The molecule has 5 nitrogen and oxygen atoms in total. The molecule has 3 rings (SSSR count). The molecule has 0 aromatic heterocycles. The standard InChI is InChI=1S/C24H29FN2O3/c1-29-22-8-2-3-9-23(22)30-18-24(28)26-16-20-7-5-15-27(17-20)14-4-6-19-10-12-21(25)13-11-19/h2-4,6,8-13,20H,5,7,14-18H2,1H3,(H,26,28). The highest BCUT2D eigenvalue weighted by atomic mass is 19.1. The predicted octanol–water partition coefficient (Wildman–Crippen LogP) is 3.75. The second kappa shape index (κ2) is 11.4. The zero-order valence-corrected chi connectivity index (χ0v) is 17.4. The van der Waals surface area contributed by atoms with Crippen molar-refractivity contribution in [1.82, 2.24) is 10.2 Å². The van der Waals surface area contributed by atoms with Crippen LogP contribution in [-0.2, 0) is 4.79 Å². The highest BCUT2D eigenvalue weighted by Crippen LogP contribution is 2.25. The number of carbonyl (C=O) groups is 1. The monoisotopic (exact) mass is 412 g/mol. The molecule has 1 fully saturated rings. The Morgan fingerprint density at radius 1 is 1.20 bits per heavy atom. The number of carbonyl (C=O) groups excluding carboxylic acids is 1. The first-order valence-electron chi connectivity index (χ1n) is 10.3. The molecule has 6 heteroatoms. The van der Waals surface area contributed by atoms with E-state index < -0.39 is 0 Å². The van der Waals surface area contributed by atoms with E-state index >= 15 is 0 Å². The lowest BCUT2D eigenvalue weighted by Gasteiger charge is -2.32. The Labute approximate surface area is 177 Å². The highest BCUT2D eigenvalue weighted by molar-refractivity contribution is 5.77. The predicted molar refractivity (Wildman–Crippen MR) is 116 cm³/mol. The molecule has 2 aromatic carbocycles. The van der Waals surface area contributed by atoms with Gasteiger partial charge in [-0.3, -0.25) is 9.69 Å². The van der Waals surface area contributed by atoms with Gasteiger partial charge in [0.25, 0.3) is 5.91 Å². The quantitative estimate of drug-likeness (QED) is 0.682. The summed E-state index contributed by atoms with van der Waals surface area (Å²) >= 11 is 0. The molecule has 0 radical (unpaired) electrons. The van der Waals surface area contributed by atoms with E-state index in [-0.39, 0.29) is 18.3 Å². The van der Waals surface area contributed by atoms with E-state index in [2.05, 4.69) is 16.3 Å². The number of amides is 1. The van der Waals surface area contributed by atoms with E-state index in [4.69, 9.17) is 9.47 Å². The first kappa shape index (κ1) is 21.8. The van der Waals surface area contributed by atoms with Crippen molar-refractivity contribution in [3.8, 4) is 11.5 Å². The third-order valence-corrected chi connectivity index (χ3v) is 5.16. The first-order chi connectivity index (χ1) is 14.6. The molecule has 1 aliphatic heterocycles. The lowest BCUT2D eigenvalue weighted by atomic mass is 9.98. The Balaban J connectivity index is 1.38. The van der Waals surface area contributed by atoms with Gasteiger partial charge < -0.3 is 14.8 Å². The Morgan fingerprint density at radius 3 is 2.73 bits per heavy atom. The number of nitrogens with zero attached hydrogens (tertiary/aromatic N) is 1. The van der Waals surface area contributed by atoms with Gasteiger partial charge in [0.1, 0.15) is 5.82 Å². The maximum absolute atomic E-state index is 13.0. The average Bonchev–Trinajstić information content (AvgIpc) is 2.78. The van der Waals surface area contributed by atoms with E-state index in [0.717, 1.165) is 38.0 Å². The Hall–Kier alpha value is -2.86. The Bertz CT molecular complexity index is 839. The number of para-hydroxylation sites is 2. The molecule has 0 bridgehead atoms. The summed E-state index contributed by atoms with van der Waals surface area (Å²) in [5.74, 6) is 1.25. The summed E-state index contributed by atoms with van der Waals surface area (Å²) in [4.78, 5) is 14.5. The molecule has 1 unspecified atom stereocenters. The lowest BCUT2D eigenvalue weighted by molar-refractivity contribution is -0.123. The van der Waals surface area contributed by atoms with Crippen molar-refractivity contribution < 1.29 is 18.7 Å². The van der Waals surface area contributed by atoms with Crippen LogP contribution in [0.1, 0.15) is 18.4 Å². The van der Waals surface area contributed by atoms with Crippen LogP contribution in [0.2, 0.25) is 0 Å². The van der Waals surface area contributed by atoms with Crippen molar-refractivity contribution in [3.63, 3.8) is 0 Å². The van der Waals surface area contributed by atoms with Gasteiger partial charge in [-0.1, -0.05) is 36.4 Å². The molecule has 1 heterocycles. The number of likely N-dealkylation sites (tertiary alicyclic amines) is 1.